The lowest BCUT2D eigenvalue weighted by Crippen LogP contribution is -2.08. The average molecular weight is 371 g/mol. The number of ether oxygens (including phenoxy) is 2. The van der Waals surface area contributed by atoms with E-state index in [2.05, 4.69) is 53.2 Å². The highest BCUT2D eigenvalue weighted by atomic mass is 16.7. The zero-order chi connectivity index (χ0) is 18.9. The number of nitrogens with zero attached hydrogens (tertiary/aromatic N) is 2. The molecule has 0 radical (unpaired) electrons. The van der Waals surface area contributed by atoms with Gasteiger partial charge in [0, 0.05) is 6.54 Å². The van der Waals surface area contributed by atoms with Crippen LogP contribution < -0.4 is 14.8 Å². The molecule has 5 rings (SSSR count). The molecule has 0 saturated heterocycles. The maximum absolute atomic E-state index is 5.48. The molecule has 4 aromatic rings. The molecule has 28 heavy (non-hydrogen) atoms. The van der Waals surface area contributed by atoms with Gasteiger partial charge in [0.2, 0.25) is 12.7 Å². The fourth-order valence-electron chi connectivity index (χ4n) is 3.48. The molecule has 0 atom stereocenters. The molecule has 1 aliphatic heterocycles. The Balaban J connectivity index is 1.44. The van der Waals surface area contributed by atoms with Gasteiger partial charge in [-0.15, -0.1) is 0 Å². The standard InChI is InChI=1S/C23H21N3O2/c1-16-6-8-17(9-7-16)14-26-20-5-3-2-4-19(20)25-23(26)24-13-18-10-11-21-22(12-18)28-15-27-21/h2-12H,13-15H2,1H3,(H,24,25). The Morgan fingerprint density at radius 1 is 0.929 bits per heavy atom. The summed E-state index contributed by atoms with van der Waals surface area (Å²) in [5, 5.41) is 3.50. The molecule has 0 spiro atoms. The summed E-state index contributed by atoms with van der Waals surface area (Å²) in [6.07, 6.45) is 0. The molecule has 0 saturated carbocycles. The molecule has 5 nitrogen and oxygen atoms in total. The maximum Gasteiger partial charge on any atom is 0.231 e. The van der Waals surface area contributed by atoms with E-state index in [0.717, 1.165) is 40.6 Å². The number of benzene rings is 3. The second-order valence-corrected chi connectivity index (χ2v) is 7.04. The van der Waals surface area contributed by atoms with Crippen LogP contribution in [0.3, 0.4) is 0 Å². The van der Waals surface area contributed by atoms with E-state index in [4.69, 9.17) is 14.5 Å². The van der Waals surface area contributed by atoms with Crippen LogP contribution in [0.1, 0.15) is 16.7 Å². The highest BCUT2D eigenvalue weighted by Gasteiger charge is 2.14. The third-order valence-corrected chi connectivity index (χ3v) is 5.00. The Bertz CT molecular complexity index is 1130. The number of aryl methyl sites for hydroxylation is 1. The van der Waals surface area contributed by atoms with Crippen LogP contribution in [0.15, 0.2) is 66.7 Å². The van der Waals surface area contributed by atoms with Crippen molar-refractivity contribution >= 4 is 17.0 Å². The van der Waals surface area contributed by atoms with E-state index in [1.807, 2.05) is 30.3 Å². The van der Waals surface area contributed by atoms with Gasteiger partial charge in [0.1, 0.15) is 0 Å². The number of nitrogens with one attached hydrogen (secondary N) is 1. The number of aromatic nitrogens is 2. The van der Waals surface area contributed by atoms with Crippen molar-refractivity contribution in [3.63, 3.8) is 0 Å². The Morgan fingerprint density at radius 2 is 1.71 bits per heavy atom. The fraction of sp³-hybridized carbons (Fsp3) is 0.174. The van der Waals surface area contributed by atoms with Crippen LogP contribution in [0.25, 0.3) is 11.0 Å². The SMILES string of the molecule is Cc1ccc(Cn2c(NCc3ccc4c(c3)OCO4)nc3ccccc32)cc1. The van der Waals surface area contributed by atoms with Crippen molar-refractivity contribution in [3.05, 3.63) is 83.4 Å². The first-order valence-corrected chi connectivity index (χ1v) is 9.39. The molecule has 5 heteroatoms. The number of fused-ring (bicyclic) bond motifs is 2. The molecule has 0 fully saturated rings. The number of hydrogen-bond acceptors (Lipinski definition) is 4. The molecule has 1 N–H and O–H groups in total. The lowest BCUT2D eigenvalue weighted by molar-refractivity contribution is 0.174. The molecule has 140 valence electrons. The van der Waals surface area contributed by atoms with Gasteiger partial charge < -0.3 is 19.4 Å². The first-order chi connectivity index (χ1) is 13.8. The van der Waals surface area contributed by atoms with Gasteiger partial charge in [0.05, 0.1) is 17.6 Å². The Morgan fingerprint density at radius 3 is 2.61 bits per heavy atom. The number of rotatable bonds is 5. The summed E-state index contributed by atoms with van der Waals surface area (Å²) in [7, 11) is 0. The molecule has 1 aromatic heterocycles. The van der Waals surface area contributed by atoms with E-state index < -0.39 is 0 Å². The van der Waals surface area contributed by atoms with Gasteiger partial charge in [-0.3, -0.25) is 0 Å². The average Bonchev–Trinajstić information content (AvgIpc) is 3.32. The molecule has 0 unspecified atom stereocenters. The monoisotopic (exact) mass is 371 g/mol. The van der Waals surface area contributed by atoms with Crippen LogP contribution in [-0.4, -0.2) is 16.3 Å². The molecule has 0 bridgehead atoms. The molecule has 2 heterocycles. The van der Waals surface area contributed by atoms with Crippen molar-refractivity contribution < 1.29 is 9.47 Å². The van der Waals surface area contributed by atoms with Crippen LogP contribution in [0, 0.1) is 6.92 Å². The van der Waals surface area contributed by atoms with Gasteiger partial charge in [-0.1, -0.05) is 48.0 Å². The topological polar surface area (TPSA) is 48.3 Å². The van der Waals surface area contributed by atoms with Crippen LogP contribution in [0.4, 0.5) is 5.95 Å². The predicted molar refractivity (Wildman–Crippen MR) is 110 cm³/mol. The molecule has 3 aromatic carbocycles. The number of anilines is 1. The third-order valence-electron chi connectivity index (χ3n) is 5.00. The lowest BCUT2D eigenvalue weighted by atomic mass is 10.1. The third kappa shape index (κ3) is 3.16. The summed E-state index contributed by atoms with van der Waals surface area (Å²) in [5.41, 5.74) is 5.75. The lowest BCUT2D eigenvalue weighted by Gasteiger charge is -2.12. The van der Waals surface area contributed by atoms with Crippen molar-refractivity contribution in [3.8, 4) is 11.5 Å². The van der Waals surface area contributed by atoms with Crippen LogP contribution in [0.5, 0.6) is 11.5 Å². The summed E-state index contributed by atoms with van der Waals surface area (Å²) in [6.45, 7) is 3.82. The summed E-state index contributed by atoms with van der Waals surface area (Å²) in [6, 6.07) is 22.9. The van der Waals surface area contributed by atoms with Crippen LogP contribution in [0.2, 0.25) is 0 Å². The largest absolute Gasteiger partial charge is 0.454 e. The highest BCUT2D eigenvalue weighted by molar-refractivity contribution is 5.78. The molecule has 0 aliphatic carbocycles. The van der Waals surface area contributed by atoms with Crippen molar-refractivity contribution in [2.75, 3.05) is 12.1 Å². The summed E-state index contributed by atoms with van der Waals surface area (Å²) in [5.74, 6) is 2.46. The molecular formula is C23H21N3O2. The quantitative estimate of drug-likeness (QED) is 0.551. The number of imidazole rings is 1. The summed E-state index contributed by atoms with van der Waals surface area (Å²) >= 11 is 0. The maximum atomic E-state index is 5.48. The highest BCUT2D eigenvalue weighted by Crippen LogP contribution is 2.32. The van der Waals surface area contributed by atoms with E-state index >= 15 is 0 Å². The van der Waals surface area contributed by atoms with Crippen LogP contribution in [-0.2, 0) is 13.1 Å². The van der Waals surface area contributed by atoms with Crippen molar-refractivity contribution in [1.82, 2.24) is 9.55 Å². The van der Waals surface area contributed by atoms with Crippen molar-refractivity contribution in [2.24, 2.45) is 0 Å². The van der Waals surface area contributed by atoms with Gasteiger partial charge in [-0.05, 0) is 42.3 Å². The zero-order valence-electron chi connectivity index (χ0n) is 15.7. The summed E-state index contributed by atoms with van der Waals surface area (Å²) in [4.78, 5) is 4.81. The molecule has 1 aliphatic rings. The Hall–Kier alpha value is -3.47. The minimum absolute atomic E-state index is 0.290. The first-order valence-electron chi connectivity index (χ1n) is 9.39. The van der Waals surface area contributed by atoms with Gasteiger partial charge in [0.25, 0.3) is 0 Å². The van der Waals surface area contributed by atoms with E-state index in [-0.39, 0.29) is 0 Å². The normalized spacial score (nSPS) is 12.5. The minimum atomic E-state index is 0.290. The van der Waals surface area contributed by atoms with Gasteiger partial charge in [-0.2, -0.15) is 0 Å². The van der Waals surface area contributed by atoms with E-state index in [9.17, 15) is 0 Å². The van der Waals surface area contributed by atoms with Crippen molar-refractivity contribution in [2.45, 2.75) is 20.0 Å². The summed E-state index contributed by atoms with van der Waals surface area (Å²) < 4.78 is 13.1. The van der Waals surface area contributed by atoms with E-state index in [1.165, 1.54) is 11.1 Å². The fourth-order valence-corrected chi connectivity index (χ4v) is 3.48. The predicted octanol–water partition coefficient (Wildman–Crippen LogP) is 4.73. The molecule has 0 amide bonds. The first kappa shape index (κ1) is 16.7. The van der Waals surface area contributed by atoms with Crippen LogP contribution >= 0.6 is 0 Å². The molecular weight excluding hydrogens is 350 g/mol. The number of hydrogen-bond donors (Lipinski definition) is 1. The zero-order valence-corrected chi connectivity index (χ0v) is 15.7. The van der Waals surface area contributed by atoms with E-state index in [1.54, 1.807) is 0 Å². The van der Waals surface area contributed by atoms with Gasteiger partial charge >= 0.3 is 0 Å². The van der Waals surface area contributed by atoms with Crippen molar-refractivity contribution in [1.29, 1.82) is 0 Å². The Labute approximate surface area is 163 Å². The van der Waals surface area contributed by atoms with Gasteiger partial charge in [-0.25, -0.2) is 4.98 Å². The van der Waals surface area contributed by atoms with Gasteiger partial charge in [0.15, 0.2) is 11.5 Å². The second-order valence-electron chi connectivity index (χ2n) is 7.04. The minimum Gasteiger partial charge on any atom is -0.454 e. The Kier molecular flexibility index (Phi) is 4.13. The smallest absolute Gasteiger partial charge is 0.231 e. The van der Waals surface area contributed by atoms with E-state index in [0.29, 0.717) is 13.3 Å². The number of para-hydroxylation sites is 2. The second kappa shape index (κ2) is 6.93.